The van der Waals surface area contributed by atoms with Gasteiger partial charge in [0, 0.05) is 5.69 Å². The Hall–Kier alpha value is -1.51. The Morgan fingerprint density at radius 2 is 2.10 bits per heavy atom. The van der Waals surface area contributed by atoms with Crippen LogP contribution in [0.5, 0.6) is 0 Å². The van der Waals surface area contributed by atoms with Crippen molar-refractivity contribution in [1.29, 1.82) is 0 Å². The van der Waals surface area contributed by atoms with Crippen LogP contribution in [0.2, 0.25) is 0 Å². The van der Waals surface area contributed by atoms with E-state index in [4.69, 9.17) is 0 Å². The second-order valence-electron chi connectivity index (χ2n) is 7.01. The zero-order valence-corrected chi connectivity index (χ0v) is 13.5. The summed E-state index contributed by atoms with van der Waals surface area (Å²) in [6.07, 6.45) is 2.79. The molecule has 1 saturated carbocycles. The molecular formula is C18H27NO2. The number of benzene rings is 1. The summed E-state index contributed by atoms with van der Waals surface area (Å²) in [4.78, 5) is 12.2. The molecule has 0 radical (unpaired) electrons. The molecular weight excluding hydrogens is 262 g/mol. The smallest absolute Gasteiger partial charge is 0.329 e. The van der Waals surface area contributed by atoms with Crippen molar-refractivity contribution in [2.45, 2.75) is 52.5 Å². The number of hydrogen-bond donors (Lipinski definition) is 2. The minimum Gasteiger partial charge on any atom is -0.479 e. The van der Waals surface area contributed by atoms with E-state index in [0.717, 1.165) is 24.1 Å². The molecule has 3 nitrogen and oxygen atoms in total. The first-order valence-electron chi connectivity index (χ1n) is 7.93. The van der Waals surface area contributed by atoms with Gasteiger partial charge in [0.05, 0.1) is 0 Å². The first kappa shape index (κ1) is 15.9. The van der Waals surface area contributed by atoms with Crippen LogP contribution in [-0.4, -0.2) is 16.6 Å². The third kappa shape index (κ3) is 3.22. The van der Waals surface area contributed by atoms with Crippen molar-refractivity contribution in [2.24, 2.45) is 17.8 Å². The maximum absolute atomic E-state index is 12.2. The zero-order chi connectivity index (χ0) is 15.6. The number of carboxylic acid groups (broad SMARTS) is 1. The summed E-state index contributed by atoms with van der Waals surface area (Å²) in [7, 11) is 0. The molecule has 1 aliphatic rings. The average Bonchev–Trinajstić information content (AvgIpc) is 2.38. The maximum Gasteiger partial charge on any atom is 0.329 e. The van der Waals surface area contributed by atoms with Crippen molar-refractivity contribution in [1.82, 2.24) is 0 Å². The highest BCUT2D eigenvalue weighted by Gasteiger charge is 2.50. The van der Waals surface area contributed by atoms with Gasteiger partial charge in [-0.1, -0.05) is 39.3 Å². The highest BCUT2D eigenvalue weighted by atomic mass is 16.4. The molecule has 3 atom stereocenters. The lowest BCUT2D eigenvalue weighted by molar-refractivity contribution is -0.147. The van der Waals surface area contributed by atoms with Crippen LogP contribution in [0.1, 0.15) is 45.6 Å². The quantitative estimate of drug-likeness (QED) is 0.867. The Kier molecular flexibility index (Phi) is 4.60. The van der Waals surface area contributed by atoms with Gasteiger partial charge in [-0.2, -0.15) is 0 Å². The van der Waals surface area contributed by atoms with E-state index in [2.05, 4.69) is 26.1 Å². The third-order valence-corrected chi connectivity index (χ3v) is 4.85. The second kappa shape index (κ2) is 6.08. The van der Waals surface area contributed by atoms with Gasteiger partial charge in [-0.15, -0.1) is 0 Å². The molecule has 0 aliphatic heterocycles. The van der Waals surface area contributed by atoms with Crippen LogP contribution in [0.25, 0.3) is 0 Å². The van der Waals surface area contributed by atoms with Crippen LogP contribution in [-0.2, 0) is 4.79 Å². The summed E-state index contributed by atoms with van der Waals surface area (Å²) in [6, 6.07) is 8.00. The van der Waals surface area contributed by atoms with Gasteiger partial charge < -0.3 is 10.4 Å². The summed E-state index contributed by atoms with van der Waals surface area (Å²) in [5.74, 6) is 0.236. The van der Waals surface area contributed by atoms with E-state index in [1.807, 2.05) is 31.2 Å². The summed E-state index contributed by atoms with van der Waals surface area (Å²) < 4.78 is 0. The predicted octanol–water partition coefficient (Wildman–Crippen LogP) is 4.32. The Morgan fingerprint density at radius 3 is 2.67 bits per heavy atom. The van der Waals surface area contributed by atoms with E-state index in [9.17, 15) is 9.90 Å². The molecule has 116 valence electrons. The molecule has 0 spiro atoms. The van der Waals surface area contributed by atoms with Crippen molar-refractivity contribution >= 4 is 11.7 Å². The normalized spacial score (nSPS) is 29.4. The molecule has 2 N–H and O–H groups in total. The SMILES string of the molecule is Cc1cccc(NC2(C(=O)O)CC(C)CCC2C(C)C)c1. The zero-order valence-electron chi connectivity index (χ0n) is 13.5. The highest BCUT2D eigenvalue weighted by Crippen LogP contribution is 2.43. The molecule has 1 aromatic rings. The van der Waals surface area contributed by atoms with Gasteiger partial charge in [0.1, 0.15) is 5.54 Å². The lowest BCUT2D eigenvalue weighted by atomic mass is 9.64. The molecule has 0 bridgehead atoms. The van der Waals surface area contributed by atoms with Crippen molar-refractivity contribution in [3.05, 3.63) is 29.8 Å². The van der Waals surface area contributed by atoms with E-state index >= 15 is 0 Å². The molecule has 0 aromatic heterocycles. The average molecular weight is 289 g/mol. The van der Waals surface area contributed by atoms with Crippen LogP contribution in [0.3, 0.4) is 0 Å². The monoisotopic (exact) mass is 289 g/mol. The molecule has 0 heterocycles. The lowest BCUT2D eigenvalue weighted by Gasteiger charge is -2.46. The third-order valence-electron chi connectivity index (χ3n) is 4.85. The first-order chi connectivity index (χ1) is 9.85. The maximum atomic E-state index is 12.2. The fourth-order valence-electron chi connectivity index (χ4n) is 3.84. The predicted molar refractivity (Wildman–Crippen MR) is 86.5 cm³/mol. The summed E-state index contributed by atoms with van der Waals surface area (Å²) in [6.45, 7) is 8.46. The first-order valence-corrected chi connectivity index (χ1v) is 7.93. The summed E-state index contributed by atoms with van der Waals surface area (Å²) in [5.41, 5.74) is 1.21. The van der Waals surface area contributed by atoms with Crippen LogP contribution >= 0.6 is 0 Å². The van der Waals surface area contributed by atoms with E-state index < -0.39 is 11.5 Å². The fraction of sp³-hybridized carbons (Fsp3) is 0.611. The van der Waals surface area contributed by atoms with Gasteiger partial charge in [-0.05, 0) is 55.2 Å². The number of aliphatic carboxylic acids is 1. The van der Waals surface area contributed by atoms with Gasteiger partial charge in [0.2, 0.25) is 0 Å². The van der Waals surface area contributed by atoms with Crippen LogP contribution in [0, 0.1) is 24.7 Å². The molecule has 1 aromatic carbocycles. The van der Waals surface area contributed by atoms with Crippen molar-refractivity contribution in [3.63, 3.8) is 0 Å². The van der Waals surface area contributed by atoms with Crippen LogP contribution in [0.15, 0.2) is 24.3 Å². The minimum atomic E-state index is -0.848. The van der Waals surface area contributed by atoms with Crippen LogP contribution in [0.4, 0.5) is 5.69 Å². The topological polar surface area (TPSA) is 49.3 Å². The Bertz CT molecular complexity index is 512. The standard InChI is InChI=1S/C18H27NO2/c1-12(2)16-9-8-14(4)11-18(16,17(20)21)19-15-7-5-6-13(3)10-15/h5-7,10,12,14,16,19H,8-9,11H2,1-4H3,(H,20,21). The van der Waals surface area contributed by atoms with Crippen molar-refractivity contribution < 1.29 is 9.90 Å². The second-order valence-corrected chi connectivity index (χ2v) is 7.01. The molecule has 21 heavy (non-hydrogen) atoms. The molecule has 1 aliphatic carbocycles. The molecule has 2 rings (SSSR count). The molecule has 0 saturated heterocycles. The summed E-state index contributed by atoms with van der Waals surface area (Å²) in [5, 5.41) is 13.4. The van der Waals surface area contributed by atoms with Gasteiger partial charge in [0.25, 0.3) is 0 Å². The molecule has 3 heteroatoms. The number of aryl methyl sites for hydroxylation is 1. The number of anilines is 1. The lowest BCUT2D eigenvalue weighted by Crippen LogP contribution is -2.57. The number of nitrogens with one attached hydrogen (secondary N) is 1. The molecule has 3 unspecified atom stereocenters. The van der Waals surface area contributed by atoms with Crippen molar-refractivity contribution in [2.75, 3.05) is 5.32 Å². The molecule has 1 fully saturated rings. The number of carbonyl (C=O) groups is 1. The van der Waals surface area contributed by atoms with E-state index in [0.29, 0.717) is 18.3 Å². The van der Waals surface area contributed by atoms with Gasteiger partial charge in [-0.25, -0.2) is 4.79 Å². The summed E-state index contributed by atoms with van der Waals surface area (Å²) >= 11 is 0. The highest BCUT2D eigenvalue weighted by molar-refractivity contribution is 5.83. The largest absolute Gasteiger partial charge is 0.479 e. The van der Waals surface area contributed by atoms with Crippen LogP contribution < -0.4 is 5.32 Å². The Balaban J connectivity index is 2.39. The van der Waals surface area contributed by atoms with E-state index in [1.165, 1.54) is 0 Å². The Morgan fingerprint density at radius 1 is 1.38 bits per heavy atom. The Labute approximate surface area is 127 Å². The van der Waals surface area contributed by atoms with E-state index in [-0.39, 0.29) is 5.92 Å². The fourth-order valence-corrected chi connectivity index (χ4v) is 3.84. The number of carboxylic acids is 1. The van der Waals surface area contributed by atoms with Crippen molar-refractivity contribution in [3.8, 4) is 0 Å². The number of hydrogen-bond acceptors (Lipinski definition) is 2. The van der Waals surface area contributed by atoms with E-state index in [1.54, 1.807) is 0 Å². The number of rotatable bonds is 4. The van der Waals surface area contributed by atoms with Gasteiger partial charge >= 0.3 is 5.97 Å². The van der Waals surface area contributed by atoms with Gasteiger partial charge in [-0.3, -0.25) is 0 Å². The van der Waals surface area contributed by atoms with Gasteiger partial charge in [0.15, 0.2) is 0 Å². The molecule has 0 amide bonds. The minimum absolute atomic E-state index is 0.159.